The zero-order valence-electron chi connectivity index (χ0n) is 20.2. The molecule has 0 radical (unpaired) electrons. The van der Waals surface area contributed by atoms with Gasteiger partial charge in [0.25, 0.3) is 24.1 Å². The van der Waals surface area contributed by atoms with Crippen LogP contribution in [0.5, 0.6) is 11.6 Å². The van der Waals surface area contributed by atoms with Gasteiger partial charge in [0.15, 0.2) is 5.54 Å². The Morgan fingerprint density at radius 2 is 1.97 bits per heavy atom. The summed E-state index contributed by atoms with van der Waals surface area (Å²) in [6.07, 6.45) is -1.43. The van der Waals surface area contributed by atoms with Crippen molar-refractivity contribution in [1.29, 1.82) is 0 Å². The van der Waals surface area contributed by atoms with Crippen LogP contribution < -0.4 is 20.1 Å². The fraction of sp³-hybridized carbons (Fsp3) is 0.333. The lowest BCUT2D eigenvalue weighted by Gasteiger charge is -2.39. The van der Waals surface area contributed by atoms with E-state index in [1.54, 1.807) is 0 Å². The molecule has 1 fully saturated rings. The van der Waals surface area contributed by atoms with E-state index in [9.17, 15) is 22.8 Å². The summed E-state index contributed by atoms with van der Waals surface area (Å²) in [5.74, 6) is -2.08. The highest BCUT2D eigenvalue weighted by Crippen LogP contribution is 2.39. The molecule has 2 amide bonds. The lowest BCUT2D eigenvalue weighted by molar-refractivity contribution is -0.146. The van der Waals surface area contributed by atoms with Gasteiger partial charge in [0.1, 0.15) is 18.2 Å². The second-order valence-corrected chi connectivity index (χ2v) is 9.23. The first-order chi connectivity index (χ1) is 18.6. The summed E-state index contributed by atoms with van der Waals surface area (Å²) in [5.41, 5.74) is -0.926. The molecule has 208 valence electrons. The summed E-state index contributed by atoms with van der Waals surface area (Å²) in [6.45, 7) is -1.08. The lowest BCUT2D eigenvalue weighted by atomic mass is 9.95. The van der Waals surface area contributed by atoms with E-state index >= 15 is 0 Å². The number of hydrogen-bond donors (Lipinski definition) is 2. The van der Waals surface area contributed by atoms with Gasteiger partial charge in [-0.3, -0.25) is 14.6 Å². The minimum Gasteiger partial charge on any atom is -0.485 e. The Labute approximate surface area is 229 Å². The van der Waals surface area contributed by atoms with Gasteiger partial charge in [-0.1, -0.05) is 23.2 Å². The lowest BCUT2D eigenvalue weighted by Crippen LogP contribution is -2.70. The van der Waals surface area contributed by atoms with Crippen LogP contribution in [0.25, 0.3) is 11.1 Å². The summed E-state index contributed by atoms with van der Waals surface area (Å²) >= 11 is 12.1. The maximum Gasteiger partial charge on any atom is 0.291 e. The molecule has 4 rings (SSSR count). The quantitative estimate of drug-likeness (QED) is 0.347. The van der Waals surface area contributed by atoms with Gasteiger partial charge >= 0.3 is 0 Å². The number of alkyl halides is 2. The van der Waals surface area contributed by atoms with Crippen LogP contribution in [0.1, 0.15) is 16.2 Å². The number of benzene rings is 1. The first kappa shape index (κ1) is 28.5. The number of pyridine rings is 1. The van der Waals surface area contributed by atoms with Crippen LogP contribution in [-0.4, -0.2) is 67.4 Å². The maximum absolute atomic E-state index is 14.9. The average Bonchev–Trinajstić information content (AvgIpc) is 3.35. The van der Waals surface area contributed by atoms with Gasteiger partial charge in [-0.05, 0) is 23.4 Å². The van der Waals surface area contributed by atoms with E-state index in [4.69, 9.17) is 41.9 Å². The van der Waals surface area contributed by atoms with Crippen LogP contribution in [0, 0.1) is 5.82 Å². The molecule has 3 heterocycles. The summed E-state index contributed by atoms with van der Waals surface area (Å²) in [6, 6.07) is 5.12. The van der Waals surface area contributed by atoms with Crippen molar-refractivity contribution in [3.63, 3.8) is 0 Å². The SMILES string of the molecule is COc1cc(C(=O)NC2(C(=O)NCCc3ncc(-c4cc(Cl)cc(Cl)c4OCC(F)F)cc3F)COC2)on1. The van der Waals surface area contributed by atoms with Gasteiger partial charge in [-0.2, -0.15) is 0 Å². The normalized spacial score (nSPS) is 14.0. The highest BCUT2D eigenvalue weighted by Gasteiger charge is 2.47. The summed E-state index contributed by atoms with van der Waals surface area (Å²) in [5, 5.41) is 8.91. The van der Waals surface area contributed by atoms with E-state index in [0.29, 0.717) is 0 Å². The van der Waals surface area contributed by atoms with Gasteiger partial charge in [0, 0.05) is 35.3 Å². The smallest absolute Gasteiger partial charge is 0.291 e. The fourth-order valence-corrected chi connectivity index (χ4v) is 4.18. The third-order valence-corrected chi connectivity index (χ3v) is 6.14. The number of ether oxygens (including phenoxy) is 3. The van der Waals surface area contributed by atoms with Gasteiger partial charge in [-0.15, -0.1) is 0 Å². The van der Waals surface area contributed by atoms with Crippen LogP contribution in [0.4, 0.5) is 13.2 Å². The van der Waals surface area contributed by atoms with Crippen molar-refractivity contribution in [1.82, 2.24) is 20.8 Å². The highest BCUT2D eigenvalue weighted by atomic mass is 35.5. The maximum atomic E-state index is 14.9. The van der Waals surface area contributed by atoms with E-state index in [1.807, 2.05) is 0 Å². The second kappa shape index (κ2) is 12.1. The first-order valence-corrected chi connectivity index (χ1v) is 12.1. The largest absolute Gasteiger partial charge is 0.485 e. The summed E-state index contributed by atoms with van der Waals surface area (Å²) in [4.78, 5) is 29.4. The van der Waals surface area contributed by atoms with Gasteiger partial charge in [0.05, 0.1) is 37.1 Å². The second-order valence-electron chi connectivity index (χ2n) is 8.39. The van der Waals surface area contributed by atoms with Crippen LogP contribution in [0.3, 0.4) is 0 Å². The first-order valence-electron chi connectivity index (χ1n) is 11.4. The van der Waals surface area contributed by atoms with Crippen molar-refractivity contribution in [2.24, 2.45) is 0 Å². The molecule has 0 spiro atoms. The Kier molecular flexibility index (Phi) is 8.83. The van der Waals surface area contributed by atoms with Crippen molar-refractivity contribution >= 4 is 35.0 Å². The molecular weight excluding hydrogens is 568 g/mol. The molecule has 1 saturated heterocycles. The van der Waals surface area contributed by atoms with Crippen molar-refractivity contribution in [3.05, 3.63) is 57.8 Å². The number of nitrogens with zero attached hydrogens (tertiary/aromatic N) is 2. The van der Waals surface area contributed by atoms with Crippen LogP contribution in [0.15, 0.2) is 35.0 Å². The third-order valence-electron chi connectivity index (χ3n) is 5.64. The Hall–Kier alpha value is -3.55. The molecule has 3 aromatic rings. The van der Waals surface area contributed by atoms with Gasteiger partial charge in [0.2, 0.25) is 5.76 Å². The Bertz CT molecular complexity index is 1370. The van der Waals surface area contributed by atoms with Crippen LogP contribution in [-0.2, 0) is 16.0 Å². The summed E-state index contributed by atoms with van der Waals surface area (Å²) < 4.78 is 60.3. The molecule has 10 nitrogen and oxygen atoms in total. The predicted octanol–water partition coefficient (Wildman–Crippen LogP) is 3.69. The zero-order valence-corrected chi connectivity index (χ0v) is 21.7. The number of carbonyl (C=O) groups excluding carboxylic acids is 2. The molecule has 15 heteroatoms. The van der Waals surface area contributed by atoms with Crippen LogP contribution >= 0.6 is 23.2 Å². The third kappa shape index (κ3) is 6.54. The molecule has 2 N–H and O–H groups in total. The monoisotopic (exact) mass is 588 g/mol. The van der Waals surface area contributed by atoms with Crippen molar-refractivity contribution in [3.8, 4) is 22.8 Å². The Morgan fingerprint density at radius 3 is 2.59 bits per heavy atom. The molecule has 0 bridgehead atoms. The number of nitrogens with one attached hydrogen (secondary N) is 2. The van der Waals surface area contributed by atoms with E-state index in [1.165, 1.54) is 31.5 Å². The molecular formula is C24H21Cl2F3N4O6. The highest BCUT2D eigenvalue weighted by molar-refractivity contribution is 6.36. The molecule has 1 aromatic carbocycles. The van der Waals surface area contributed by atoms with Crippen molar-refractivity contribution in [2.75, 3.05) is 33.5 Å². The average molecular weight is 589 g/mol. The minimum absolute atomic E-state index is 0.00703. The molecule has 0 aliphatic carbocycles. The number of halogens is 5. The Morgan fingerprint density at radius 1 is 1.21 bits per heavy atom. The number of amides is 2. The van der Waals surface area contributed by atoms with Crippen molar-refractivity contribution < 1.29 is 41.5 Å². The molecule has 1 aliphatic rings. The molecule has 1 aliphatic heterocycles. The molecule has 0 unspecified atom stereocenters. The topological polar surface area (TPSA) is 125 Å². The van der Waals surface area contributed by atoms with E-state index in [0.717, 1.165) is 6.07 Å². The standard InChI is InChI=1S/C24H21Cl2F3N4O6/c1-36-20-7-18(39-33-20)22(34)32-24(10-37-11-24)23(35)30-3-2-17-16(27)4-12(8-31-17)14-5-13(25)6-15(26)21(14)38-9-19(28)29/h4-8,19H,2-3,9-11H2,1H3,(H,30,35)(H,32,34). The summed E-state index contributed by atoms with van der Waals surface area (Å²) in [7, 11) is 1.36. The predicted molar refractivity (Wildman–Crippen MR) is 132 cm³/mol. The van der Waals surface area contributed by atoms with E-state index < -0.39 is 36.2 Å². The number of hydrogen-bond acceptors (Lipinski definition) is 8. The molecule has 0 saturated carbocycles. The number of aromatic nitrogens is 2. The van der Waals surface area contributed by atoms with E-state index in [2.05, 4.69) is 20.8 Å². The zero-order chi connectivity index (χ0) is 28.2. The Balaban J connectivity index is 1.40. The minimum atomic E-state index is -2.75. The molecule has 39 heavy (non-hydrogen) atoms. The molecule has 2 aromatic heterocycles. The van der Waals surface area contributed by atoms with Gasteiger partial charge < -0.3 is 29.4 Å². The van der Waals surface area contributed by atoms with Crippen LogP contribution in [0.2, 0.25) is 10.0 Å². The molecule has 0 atom stereocenters. The van der Waals surface area contributed by atoms with Gasteiger partial charge in [-0.25, -0.2) is 13.2 Å². The van der Waals surface area contributed by atoms with E-state index in [-0.39, 0.29) is 70.4 Å². The fourth-order valence-electron chi connectivity index (χ4n) is 3.64. The number of methoxy groups -OCH3 is 1. The number of rotatable bonds is 11. The van der Waals surface area contributed by atoms with Crippen molar-refractivity contribution in [2.45, 2.75) is 18.4 Å². The number of carbonyl (C=O) groups is 2.